The van der Waals surface area contributed by atoms with Gasteiger partial charge in [-0.3, -0.25) is 0 Å². The quantitative estimate of drug-likeness (QED) is 0.877. The summed E-state index contributed by atoms with van der Waals surface area (Å²) in [6.07, 6.45) is 15.2. The number of rotatable bonds is 4. The normalized spacial score (nSPS) is 21.4. The van der Waals surface area contributed by atoms with Gasteiger partial charge in [0.15, 0.2) is 5.76 Å². The number of hydrogen-bond donors (Lipinski definition) is 1. The molecule has 0 spiro atoms. The average Bonchev–Trinajstić information content (AvgIpc) is 3.14. The Morgan fingerprint density at radius 3 is 3.00 bits per heavy atom. The van der Waals surface area contributed by atoms with Gasteiger partial charge in [-0.05, 0) is 38.8 Å². The first kappa shape index (κ1) is 15.7. The maximum absolute atomic E-state index is 6.04. The van der Waals surface area contributed by atoms with Crippen molar-refractivity contribution in [2.75, 3.05) is 13.1 Å². The van der Waals surface area contributed by atoms with Crippen LogP contribution < -0.4 is 5.32 Å². The molecule has 0 bridgehead atoms. The molecule has 24 heavy (non-hydrogen) atoms. The van der Waals surface area contributed by atoms with E-state index >= 15 is 0 Å². The number of piperidine rings is 1. The smallest absolute Gasteiger partial charge is 0.188 e. The van der Waals surface area contributed by atoms with Crippen molar-refractivity contribution in [2.24, 2.45) is 0 Å². The summed E-state index contributed by atoms with van der Waals surface area (Å²) >= 11 is 1.73. The van der Waals surface area contributed by atoms with Crippen molar-refractivity contribution in [3.8, 4) is 0 Å². The van der Waals surface area contributed by atoms with Crippen LogP contribution in [-0.4, -0.2) is 18.1 Å². The van der Waals surface area contributed by atoms with E-state index in [1.54, 1.807) is 23.9 Å². The first-order valence-electron chi connectivity index (χ1n) is 8.62. The second kappa shape index (κ2) is 7.36. The van der Waals surface area contributed by atoms with Gasteiger partial charge in [0, 0.05) is 17.7 Å². The predicted octanol–water partition coefficient (Wildman–Crippen LogP) is 4.46. The molecule has 0 aromatic carbocycles. The van der Waals surface area contributed by atoms with Crippen molar-refractivity contribution >= 4 is 17.1 Å². The zero-order valence-corrected chi connectivity index (χ0v) is 14.5. The molecule has 3 heterocycles. The highest BCUT2D eigenvalue weighted by Crippen LogP contribution is 2.33. The lowest BCUT2D eigenvalue weighted by Crippen LogP contribution is -2.26. The largest absolute Gasteiger partial charge is 0.465 e. The van der Waals surface area contributed by atoms with Gasteiger partial charge in [0.25, 0.3) is 0 Å². The molecule has 1 fully saturated rings. The molecule has 1 aromatic rings. The fourth-order valence-electron chi connectivity index (χ4n) is 3.23. The summed E-state index contributed by atoms with van der Waals surface area (Å²) in [7, 11) is 0. The number of nitrogens with one attached hydrogen (secondary N) is 1. The fourth-order valence-corrected chi connectivity index (χ4v) is 4.21. The second-order valence-electron chi connectivity index (χ2n) is 6.37. The Morgan fingerprint density at radius 1 is 1.25 bits per heavy atom. The maximum atomic E-state index is 6.04. The number of thiazole rings is 1. The molecule has 4 nitrogen and oxygen atoms in total. The molecule has 126 valence electrons. The van der Waals surface area contributed by atoms with Crippen molar-refractivity contribution in [3.05, 3.63) is 58.2 Å². The van der Waals surface area contributed by atoms with Crippen LogP contribution in [0.15, 0.2) is 47.5 Å². The van der Waals surface area contributed by atoms with Gasteiger partial charge in [0.05, 0.1) is 5.01 Å². The summed E-state index contributed by atoms with van der Waals surface area (Å²) < 4.78 is 11.5. The molecule has 0 unspecified atom stereocenters. The Hall–Kier alpha value is -1.85. The van der Waals surface area contributed by atoms with Crippen molar-refractivity contribution in [3.63, 3.8) is 0 Å². The molecule has 1 N–H and O–H groups in total. The fraction of sp³-hybridized carbons (Fsp3) is 0.421. The van der Waals surface area contributed by atoms with Gasteiger partial charge < -0.3 is 14.8 Å². The van der Waals surface area contributed by atoms with Gasteiger partial charge in [-0.25, -0.2) is 4.98 Å². The van der Waals surface area contributed by atoms with Crippen molar-refractivity contribution < 1.29 is 9.47 Å². The van der Waals surface area contributed by atoms with Gasteiger partial charge in [-0.2, -0.15) is 0 Å². The summed E-state index contributed by atoms with van der Waals surface area (Å²) in [5, 5.41) is 6.70. The molecule has 2 aliphatic heterocycles. The molecule has 1 aliphatic carbocycles. The molecule has 3 aliphatic rings. The van der Waals surface area contributed by atoms with Crippen LogP contribution in [0.25, 0.3) is 5.76 Å². The van der Waals surface area contributed by atoms with Crippen molar-refractivity contribution in [1.29, 1.82) is 0 Å². The van der Waals surface area contributed by atoms with E-state index in [2.05, 4.69) is 28.9 Å². The summed E-state index contributed by atoms with van der Waals surface area (Å²) in [4.78, 5) is 4.80. The molecule has 0 atom stereocenters. The van der Waals surface area contributed by atoms with E-state index in [0.717, 1.165) is 62.4 Å². The predicted molar refractivity (Wildman–Crippen MR) is 96.3 cm³/mol. The Kier molecular flexibility index (Phi) is 4.81. The molecule has 5 heteroatoms. The lowest BCUT2D eigenvalue weighted by atomic mass is 9.99. The molecule has 0 amide bonds. The Bertz CT molecular complexity index is 709. The van der Waals surface area contributed by atoms with Crippen LogP contribution in [0.5, 0.6) is 0 Å². The highest BCUT2D eigenvalue weighted by molar-refractivity contribution is 7.09. The second-order valence-corrected chi connectivity index (χ2v) is 7.26. The van der Waals surface area contributed by atoms with Crippen LogP contribution in [0.4, 0.5) is 0 Å². The Morgan fingerprint density at radius 2 is 2.17 bits per heavy atom. The third kappa shape index (κ3) is 3.62. The first-order chi connectivity index (χ1) is 11.9. The van der Waals surface area contributed by atoms with Gasteiger partial charge in [0.2, 0.25) is 0 Å². The van der Waals surface area contributed by atoms with E-state index in [4.69, 9.17) is 14.5 Å². The Labute approximate surface area is 146 Å². The minimum absolute atomic E-state index is 0.573. The highest BCUT2D eigenvalue weighted by atomic mass is 32.1. The zero-order chi connectivity index (χ0) is 16.2. The molecule has 1 saturated heterocycles. The SMILES string of the molecule is C1=CCCC(CC2=COC=C(c3csc(C4CCNCC4)n3)O2)=C1. The van der Waals surface area contributed by atoms with Gasteiger partial charge in [-0.1, -0.05) is 23.8 Å². The minimum Gasteiger partial charge on any atom is -0.465 e. The van der Waals surface area contributed by atoms with E-state index in [9.17, 15) is 0 Å². The number of hydrogen-bond acceptors (Lipinski definition) is 5. The van der Waals surface area contributed by atoms with Crippen LogP contribution in [-0.2, 0) is 9.47 Å². The van der Waals surface area contributed by atoms with Gasteiger partial charge in [0.1, 0.15) is 24.0 Å². The minimum atomic E-state index is 0.573. The van der Waals surface area contributed by atoms with Crippen molar-refractivity contribution in [2.45, 2.75) is 38.0 Å². The summed E-state index contributed by atoms with van der Waals surface area (Å²) in [6.45, 7) is 2.16. The number of nitrogens with zero attached hydrogens (tertiary/aromatic N) is 1. The average molecular weight is 342 g/mol. The van der Waals surface area contributed by atoms with Crippen LogP contribution in [0.3, 0.4) is 0 Å². The molecule has 0 radical (unpaired) electrons. The number of allylic oxidation sites excluding steroid dienone is 4. The molecule has 0 saturated carbocycles. The number of ether oxygens (including phenoxy) is 2. The Balaban J connectivity index is 1.41. The standard InChI is InChI=1S/C19H22N2O2S/c1-2-4-14(5-3-1)10-16-11-22-12-18(23-16)17-13-24-19(21-17)15-6-8-20-9-7-15/h1-2,4,11-13,15,20H,3,5-10H2. The van der Waals surface area contributed by atoms with E-state index in [0.29, 0.717) is 5.92 Å². The lowest BCUT2D eigenvalue weighted by molar-refractivity contribution is 0.272. The summed E-state index contributed by atoms with van der Waals surface area (Å²) in [5.41, 5.74) is 2.26. The van der Waals surface area contributed by atoms with E-state index in [1.807, 2.05) is 0 Å². The monoisotopic (exact) mass is 342 g/mol. The lowest BCUT2D eigenvalue weighted by Gasteiger charge is -2.20. The zero-order valence-electron chi connectivity index (χ0n) is 13.7. The van der Waals surface area contributed by atoms with Crippen LogP contribution in [0, 0.1) is 0 Å². The third-order valence-electron chi connectivity index (χ3n) is 4.58. The summed E-state index contributed by atoms with van der Waals surface area (Å²) in [6, 6.07) is 0. The maximum Gasteiger partial charge on any atom is 0.188 e. The molecule has 1 aromatic heterocycles. The molecular formula is C19H22N2O2S. The van der Waals surface area contributed by atoms with E-state index in [1.165, 1.54) is 10.6 Å². The van der Waals surface area contributed by atoms with Gasteiger partial charge in [-0.15, -0.1) is 11.3 Å². The van der Waals surface area contributed by atoms with Gasteiger partial charge >= 0.3 is 0 Å². The van der Waals surface area contributed by atoms with Crippen molar-refractivity contribution in [1.82, 2.24) is 10.3 Å². The van der Waals surface area contributed by atoms with Crippen LogP contribution in [0.2, 0.25) is 0 Å². The molecule has 4 rings (SSSR count). The first-order valence-corrected chi connectivity index (χ1v) is 9.50. The summed E-state index contributed by atoms with van der Waals surface area (Å²) in [5.74, 6) is 2.14. The van der Waals surface area contributed by atoms with Crippen LogP contribution in [0.1, 0.15) is 48.7 Å². The highest BCUT2D eigenvalue weighted by Gasteiger charge is 2.21. The molecular weight excluding hydrogens is 320 g/mol. The van der Waals surface area contributed by atoms with Crippen LogP contribution >= 0.6 is 11.3 Å². The number of aromatic nitrogens is 1. The van der Waals surface area contributed by atoms with E-state index < -0.39 is 0 Å². The third-order valence-corrected chi connectivity index (χ3v) is 5.59. The topological polar surface area (TPSA) is 43.4 Å². The van der Waals surface area contributed by atoms with E-state index in [-0.39, 0.29) is 0 Å².